The van der Waals surface area contributed by atoms with Crippen LogP contribution in [0.4, 0.5) is 8.78 Å². The highest BCUT2D eigenvalue weighted by Crippen LogP contribution is 2.45. The van der Waals surface area contributed by atoms with Gasteiger partial charge in [0.2, 0.25) is 0 Å². The number of likely N-dealkylation sites (N-methyl/N-ethyl adjacent to an activating group) is 1. The number of halogens is 2. The first kappa shape index (κ1) is 22.4. The summed E-state index contributed by atoms with van der Waals surface area (Å²) in [6.07, 6.45) is 6.73. The van der Waals surface area contributed by atoms with E-state index in [1.165, 1.54) is 17.7 Å². The predicted octanol–water partition coefficient (Wildman–Crippen LogP) is 6.26. The lowest BCUT2D eigenvalue weighted by atomic mass is 9.67. The van der Waals surface area contributed by atoms with Crippen molar-refractivity contribution in [1.82, 2.24) is 4.90 Å². The third-order valence-electron chi connectivity index (χ3n) is 6.74. The van der Waals surface area contributed by atoms with E-state index in [1.807, 2.05) is 6.07 Å². The Labute approximate surface area is 179 Å². The van der Waals surface area contributed by atoms with Crippen LogP contribution in [0, 0.1) is 28.9 Å². The maximum atomic E-state index is 14.0. The SMILES string of the molecule is CCN(CCCC(C#N)(c1ccc(F)c(F)c1)C1CCCC1)CCc1ccccc1. The Balaban J connectivity index is 1.68. The standard InChI is InChI=1S/C26H32F2N2/c1-2-30(18-15-21-9-4-3-5-10-21)17-8-16-26(20-29,22-11-6-7-12-22)23-13-14-24(27)25(28)19-23/h3-5,9-10,13-14,19,22H,2,6-8,11-12,15-18H2,1H3. The topological polar surface area (TPSA) is 27.0 Å². The summed E-state index contributed by atoms with van der Waals surface area (Å²) >= 11 is 0. The van der Waals surface area contributed by atoms with Crippen molar-refractivity contribution >= 4 is 0 Å². The normalized spacial score (nSPS) is 16.5. The van der Waals surface area contributed by atoms with Gasteiger partial charge in [-0.05, 0) is 74.4 Å². The maximum Gasteiger partial charge on any atom is 0.159 e. The van der Waals surface area contributed by atoms with Gasteiger partial charge in [-0.25, -0.2) is 8.78 Å². The average Bonchev–Trinajstić information content (AvgIpc) is 3.32. The monoisotopic (exact) mass is 410 g/mol. The maximum absolute atomic E-state index is 14.0. The summed E-state index contributed by atoms with van der Waals surface area (Å²) in [6.45, 7) is 5.01. The highest BCUT2D eigenvalue weighted by molar-refractivity contribution is 5.35. The molecule has 1 atom stereocenters. The van der Waals surface area contributed by atoms with Gasteiger partial charge in [0.15, 0.2) is 11.6 Å². The van der Waals surface area contributed by atoms with Crippen molar-refractivity contribution in [2.45, 2.75) is 57.3 Å². The van der Waals surface area contributed by atoms with E-state index >= 15 is 0 Å². The van der Waals surface area contributed by atoms with E-state index in [0.29, 0.717) is 12.0 Å². The highest BCUT2D eigenvalue weighted by atomic mass is 19.2. The molecule has 30 heavy (non-hydrogen) atoms. The first-order valence-electron chi connectivity index (χ1n) is 11.2. The van der Waals surface area contributed by atoms with Gasteiger partial charge >= 0.3 is 0 Å². The summed E-state index contributed by atoms with van der Waals surface area (Å²) in [4.78, 5) is 2.41. The minimum atomic E-state index is -0.858. The fraction of sp³-hybridized carbons (Fsp3) is 0.500. The summed E-state index contributed by atoms with van der Waals surface area (Å²) in [5, 5.41) is 10.2. The molecule has 3 rings (SSSR count). The minimum Gasteiger partial charge on any atom is -0.303 e. The average molecular weight is 411 g/mol. The molecule has 0 amide bonds. The Bertz CT molecular complexity index is 840. The van der Waals surface area contributed by atoms with Crippen molar-refractivity contribution in [3.8, 4) is 6.07 Å². The first-order chi connectivity index (χ1) is 14.6. The van der Waals surface area contributed by atoms with Crippen LogP contribution in [0.15, 0.2) is 48.5 Å². The number of benzene rings is 2. The molecule has 0 spiro atoms. The van der Waals surface area contributed by atoms with Crippen LogP contribution in [0.3, 0.4) is 0 Å². The summed E-state index contributed by atoms with van der Waals surface area (Å²) < 4.78 is 27.5. The predicted molar refractivity (Wildman–Crippen MR) is 117 cm³/mol. The molecule has 160 valence electrons. The Hall–Kier alpha value is -2.25. The fourth-order valence-electron chi connectivity index (χ4n) is 4.93. The molecule has 4 heteroatoms. The van der Waals surface area contributed by atoms with Gasteiger partial charge in [-0.1, -0.05) is 56.2 Å². The van der Waals surface area contributed by atoms with E-state index < -0.39 is 17.0 Å². The van der Waals surface area contributed by atoms with Gasteiger partial charge in [-0.3, -0.25) is 0 Å². The molecule has 0 bridgehead atoms. The molecule has 0 aromatic heterocycles. The molecule has 0 saturated heterocycles. The second kappa shape index (κ2) is 10.7. The Morgan fingerprint density at radius 3 is 2.40 bits per heavy atom. The minimum absolute atomic E-state index is 0.215. The quantitative estimate of drug-likeness (QED) is 0.462. The summed E-state index contributed by atoms with van der Waals surface area (Å²) in [5.41, 5.74) is 1.24. The van der Waals surface area contributed by atoms with Crippen molar-refractivity contribution in [3.63, 3.8) is 0 Å². The third-order valence-corrected chi connectivity index (χ3v) is 6.74. The zero-order valence-electron chi connectivity index (χ0n) is 17.9. The summed E-state index contributed by atoms with van der Waals surface area (Å²) in [5.74, 6) is -1.50. The van der Waals surface area contributed by atoms with Crippen LogP contribution in [0.1, 0.15) is 56.6 Å². The van der Waals surface area contributed by atoms with Crippen LogP contribution in [-0.2, 0) is 11.8 Å². The molecule has 2 aromatic carbocycles. The van der Waals surface area contributed by atoms with Crippen LogP contribution in [0.25, 0.3) is 0 Å². The lowest BCUT2D eigenvalue weighted by Gasteiger charge is -2.34. The highest BCUT2D eigenvalue weighted by Gasteiger charge is 2.42. The molecular weight excluding hydrogens is 378 g/mol. The molecular formula is C26H32F2N2. The van der Waals surface area contributed by atoms with E-state index in [-0.39, 0.29) is 5.92 Å². The van der Waals surface area contributed by atoms with Crippen LogP contribution in [0.2, 0.25) is 0 Å². The molecule has 0 heterocycles. The molecule has 1 aliphatic rings. The van der Waals surface area contributed by atoms with Gasteiger partial charge in [0.25, 0.3) is 0 Å². The first-order valence-corrected chi connectivity index (χ1v) is 11.2. The van der Waals surface area contributed by atoms with Gasteiger partial charge in [0.05, 0.1) is 11.5 Å². The third kappa shape index (κ3) is 5.26. The number of hydrogen-bond donors (Lipinski definition) is 0. The lowest BCUT2D eigenvalue weighted by Crippen LogP contribution is -2.35. The van der Waals surface area contributed by atoms with Crippen molar-refractivity contribution in [1.29, 1.82) is 5.26 Å². The van der Waals surface area contributed by atoms with E-state index in [9.17, 15) is 14.0 Å². The molecule has 2 nitrogen and oxygen atoms in total. The van der Waals surface area contributed by atoms with Crippen molar-refractivity contribution in [2.24, 2.45) is 5.92 Å². The van der Waals surface area contributed by atoms with Crippen molar-refractivity contribution < 1.29 is 8.78 Å². The Morgan fingerprint density at radius 2 is 1.77 bits per heavy atom. The number of rotatable bonds is 10. The van der Waals surface area contributed by atoms with Crippen LogP contribution in [0.5, 0.6) is 0 Å². The van der Waals surface area contributed by atoms with Gasteiger partial charge in [0.1, 0.15) is 0 Å². The molecule has 1 fully saturated rings. The molecule has 1 aliphatic carbocycles. The zero-order valence-corrected chi connectivity index (χ0v) is 17.9. The number of nitriles is 1. The van der Waals surface area contributed by atoms with Crippen LogP contribution >= 0.6 is 0 Å². The molecule has 1 unspecified atom stereocenters. The van der Waals surface area contributed by atoms with Crippen molar-refractivity contribution in [3.05, 3.63) is 71.3 Å². The van der Waals surface area contributed by atoms with Crippen LogP contribution in [-0.4, -0.2) is 24.5 Å². The molecule has 0 N–H and O–H groups in total. The number of hydrogen-bond acceptors (Lipinski definition) is 2. The summed E-state index contributed by atoms with van der Waals surface area (Å²) in [7, 11) is 0. The van der Waals surface area contributed by atoms with Gasteiger partial charge in [0, 0.05) is 6.54 Å². The lowest BCUT2D eigenvalue weighted by molar-refractivity contribution is 0.255. The second-order valence-electron chi connectivity index (χ2n) is 8.47. The Morgan fingerprint density at radius 1 is 1.03 bits per heavy atom. The van der Waals surface area contributed by atoms with Gasteiger partial charge in [-0.15, -0.1) is 0 Å². The molecule has 1 saturated carbocycles. The Kier molecular flexibility index (Phi) is 7.99. The second-order valence-corrected chi connectivity index (χ2v) is 8.47. The molecule has 0 radical (unpaired) electrons. The van der Waals surface area contributed by atoms with Gasteiger partial charge in [-0.2, -0.15) is 5.26 Å². The zero-order chi connectivity index (χ0) is 21.4. The molecule has 2 aromatic rings. The van der Waals surface area contributed by atoms with E-state index in [2.05, 4.69) is 42.2 Å². The van der Waals surface area contributed by atoms with E-state index in [4.69, 9.17) is 0 Å². The number of nitrogens with zero attached hydrogens (tertiary/aromatic N) is 2. The van der Waals surface area contributed by atoms with E-state index in [1.54, 1.807) is 6.07 Å². The summed E-state index contributed by atoms with van der Waals surface area (Å²) in [6, 6.07) is 17.1. The van der Waals surface area contributed by atoms with Crippen LogP contribution < -0.4 is 0 Å². The smallest absolute Gasteiger partial charge is 0.159 e. The fourth-order valence-corrected chi connectivity index (χ4v) is 4.93. The van der Waals surface area contributed by atoms with Crippen molar-refractivity contribution in [2.75, 3.05) is 19.6 Å². The molecule has 0 aliphatic heterocycles. The largest absolute Gasteiger partial charge is 0.303 e. The van der Waals surface area contributed by atoms with Gasteiger partial charge < -0.3 is 4.90 Å². The van der Waals surface area contributed by atoms with E-state index in [0.717, 1.165) is 58.2 Å².